The summed E-state index contributed by atoms with van der Waals surface area (Å²) in [6.07, 6.45) is 0. The van der Waals surface area contributed by atoms with Crippen LogP contribution >= 0.6 is 0 Å². The van der Waals surface area contributed by atoms with Gasteiger partial charge in [0, 0.05) is 7.11 Å². The number of aliphatic hydroxyl groups excluding tert-OH is 1. The summed E-state index contributed by atoms with van der Waals surface area (Å²) in [4.78, 5) is 0. The van der Waals surface area contributed by atoms with Crippen molar-refractivity contribution < 1.29 is 42.3 Å². The maximum atomic E-state index is 7.00. The number of hydrogen-bond acceptors (Lipinski definition) is 1. The van der Waals surface area contributed by atoms with Gasteiger partial charge in [0.2, 0.25) is 0 Å². The van der Waals surface area contributed by atoms with Crippen LogP contribution in [0.4, 0.5) is 0 Å². The third kappa shape index (κ3) is 55.0. The second-order valence-corrected chi connectivity index (χ2v) is 0. The summed E-state index contributed by atoms with van der Waals surface area (Å²) in [5.41, 5.74) is 0. The maximum absolute atomic E-state index is 7.00. The summed E-state index contributed by atoms with van der Waals surface area (Å²) >= 11 is 0. The van der Waals surface area contributed by atoms with Crippen LogP contribution in [-0.4, -0.2) is 29.6 Å². The fourth-order valence-corrected chi connectivity index (χ4v) is 0. The van der Waals surface area contributed by atoms with E-state index in [0.29, 0.717) is 0 Å². The Morgan fingerprint density at radius 3 is 0.833 bits per heavy atom. The van der Waals surface area contributed by atoms with E-state index in [4.69, 9.17) is 5.11 Å². The molecule has 0 aliphatic heterocycles. The van der Waals surface area contributed by atoms with Crippen molar-refractivity contribution in [3.05, 3.63) is 0 Å². The molecular weight excluding hydrogens is 161 g/mol. The van der Waals surface area contributed by atoms with Gasteiger partial charge in [-0.05, 0) is 0 Å². The first kappa shape index (κ1) is 53.4. The van der Waals surface area contributed by atoms with E-state index >= 15 is 0 Å². The molecule has 0 radical (unpaired) electrons. The second kappa shape index (κ2) is 98.6. The number of rotatable bonds is 0. The zero-order valence-electron chi connectivity index (χ0n) is 3.16. The van der Waals surface area contributed by atoms with Crippen molar-refractivity contribution in [2.45, 2.75) is 0 Å². The van der Waals surface area contributed by atoms with Crippen LogP contribution in [0.1, 0.15) is 0 Å². The van der Waals surface area contributed by atoms with Gasteiger partial charge in [0.25, 0.3) is 0 Å². The summed E-state index contributed by atoms with van der Waals surface area (Å²) in [6.45, 7) is 0. The van der Waals surface area contributed by atoms with Crippen LogP contribution in [0.3, 0.4) is 0 Å². The standard InChI is InChI=1S/CH4O.Al.3ClH/c1-2;;;;/h2H,1H3;;3*1H/q;+3;;;/p-3. The van der Waals surface area contributed by atoms with E-state index in [1.165, 1.54) is 0 Å². The monoisotopic (exact) mass is 164 g/mol. The first-order valence-electron chi connectivity index (χ1n) is 0.447. The average molecular weight is 165 g/mol. The summed E-state index contributed by atoms with van der Waals surface area (Å²) < 4.78 is 0. The third-order valence-corrected chi connectivity index (χ3v) is 0. The molecule has 0 aromatic carbocycles. The van der Waals surface area contributed by atoms with Gasteiger partial charge in [-0.1, -0.05) is 0 Å². The Labute approximate surface area is 66.9 Å². The van der Waals surface area contributed by atoms with Crippen LogP contribution in [0.25, 0.3) is 0 Å². The van der Waals surface area contributed by atoms with Gasteiger partial charge in [-0.3, -0.25) is 0 Å². The number of hydrogen-bond donors (Lipinski definition) is 1. The molecule has 38 valence electrons. The topological polar surface area (TPSA) is 20.2 Å². The maximum Gasteiger partial charge on any atom is 3.00 e. The van der Waals surface area contributed by atoms with Crippen LogP contribution in [0.2, 0.25) is 0 Å². The number of halogens is 3. The van der Waals surface area contributed by atoms with Crippen molar-refractivity contribution in [2.24, 2.45) is 0 Å². The predicted octanol–water partition coefficient (Wildman–Crippen LogP) is -9.76. The van der Waals surface area contributed by atoms with E-state index in [0.717, 1.165) is 7.11 Å². The molecule has 1 N–H and O–H groups in total. The average Bonchev–Trinajstić information content (AvgIpc) is 1.00. The first-order chi connectivity index (χ1) is 1.00. The minimum absolute atomic E-state index is 0. The van der Waals surface area contributed by atoms with Crippen LogP contribution in [0, 0.1) is 0 Å². The molecule has 0 heterocycles. The van der Waals surface area contributed by atoms with Gasteiger partial charge in [0.15, 0.2) is 0 Å². The van der Waals surface area contributed by atoms with Crippen molar-refractivity contribution in [1.29, 1.82) is 0 Å². The molecule has 0 unspecified atom stereocenters. The van der Waals surface area contributed by atoms with Crippen LogP contribution < -0.4 is 37.2 Å². The fraction of sp³-hybridized carbons (Fsp3) is 1.00. The molecule has 0 saturated carbocycles. The molecule has 0 amide bonds. The van der Waals surface area contributed by atoms with E-state index in [-0.39, 0.29) is 54.6 Å². The molecule has 6 heavy (non-hydrogen) atoms. The summed E-state index contributed by atoms with van der Waals surface area (Å²) in [7, 11) is 1.00. The van der Waals surface area contributed by atoms with E-state index in [1.807, 2.05) is 0 Å². The Hall–Kier alpha value is 1.36. The largest absolute Gasteiger partial charge is 3.00 e. The van der Waals surface area contributed by atoms with E-state index in [9.17, 15) is 0 Å². The minimum Gasteiger partial charge on any atom is -1.00 e. The molecule has 0 aliphatic carbocycles. The van der Waals surface area contributed by atoms with Gasteiger partial charge < -0.3 is 42.3 Å². The van der Waals surface area contributed by atoms with Gasteiger partial charge in [-0.2, -0.15) is 0 Å². The molecule has 1 nitrogen and oxygen atoms in total. The first-order valence-corrected chi connectivity index (χ1v) is 0.447. The van der Waals surface area contributed by atoms with E-state index in [1.54, 1.807) is 0 Å². The van der Waals surface area contributed by atoms with Gasteiger partial charge in [0.05, 0.1) is 0 Å². The summed E-state index contributed by atoms with van der Waals surface area (Å²) in [5.74, 6) is 0. The molecule has 0 bridgehead atoms. The quantitative estimate of drug-likeness (QED) is 0.354. The van der Waals surface area contributed by atoms with Gasteiger partial charge in [-0.15, -0.1) is 0 Å². The Morgan fingerprint density at radius 2 is 0.833 bits per heavy atom. The zero-order valence-corrected chi connectivity index (χ0v) is 6.58. The molecule has 0 rings (SSSR count). The van der Waals surface area contributed by atoms with Crippen molar-refractivity contribution in [2.75, 3.05) is 7.11 Å². The molecule has 0 fully saturated rings. The number of aliphatic hydroxyl groups is 1. The molecule has 0 atom stereocenters. The Bertz CT molecular complexity index is 10.8. The van der Waals surface area contributed by atoms with Crippen LogP contribution in [0.5, 0.6) is 0 Å². The van der Waals surface area contributed by atoms with Gasteiger partial charge in [-0.25, -0.2) is 0 Å². The SMILES string of the molecule is CO.[Al+3].[Cl-].[Cl-].[Cl-]. The van der Waals surface area contributed by atoms with Crippen LogP contribution in [0.15, 0.2) is 0 Å². The molecule has 0 aromatic rings. The van der Waals surface area contributed by atoms with Crippen molar-refractivity contribution in [3.8, 4) is 0 Å². The fourth-order valence-electron chi connectivity index (χ4n) is 0. The van der Waals surface area contributed by atoms with Gasteiger partial charge in [0.1, 0.15) is 0 Å². The van der Waals surface area contributed by atoms with E-state index < -0.39 is 0 Å². The Morgan fingerprint density at radius 1 is 0.833 bits per heavy atom. The molecule has 0 aromatic heterocycles. The molecular formula is CH4AlCl3O. The Kier molecular flexibility index (Phi) is 877. The summed E-state index contributed by atoms with van der Waals surface area (Å²) in [5, 5.41) is 7.00. The Balaban J connectivity index is -0.000000000833. The zero-order chi connectivity index (χ0) is 2.00. The predicted molar refractivity (Wildman–Crippen MR) is 13.9 cm³/mol. The van der Waals surface area contributed by atoms with Crippen molar-refractivity contribution >= 4 is 17.4 Å². The minimum atomic E-state index is 0. The normalized spacial score (nSPS) is 1.00. The van der Waals surface area contributed by atoms with Gasteiger partial charge >= 0.3 is 17.4 Å². The second-order valence-electron chi connectivity index (χ2n) is 0. The summed E-state index contributed by atoms with van der Waals surface area (Å²) in [6, 6.07) is 0. The molecule has 0 aliphatic rings. The van der Waals surface area contributed by atoms with E-state index in [2.05, 4.69) is 0 Å². The smallest absolute Gasteiger partial charge is 1.00 e. The molecule has 0 spiro atoms. The van der Waals surface area contributed by atoms with Crippen molar-refractivity contribution in [1.82, 2.24) is 0 Å². The van der Waals surface area contributed by atoms with Crippen molar-refractivity contribution in [3.63, 3.8) is 0 Å². The molecule has 5 heteroatoms. The van der Waals surface area contributed by atoms with Crippen LogP contribution in [-0.2, 0) is 0 Å². The molecule has 0 saturated heterocycles. The third-order valence-electron chi connectivity index (χ3n) is 0.